The van der Waals surface area contributed by atoms with Gasteiger partial charge >= 0.3 is 0 Å². The zero-order chi connectivity index (χ0) is 14.2. The maximum absolute atomic E-state index is 5.36. The van der Waals surface area contributed by atoms with Gasteiger partial charge in [0.05, 0.1) is 12.6 Å². The summed E-state index contributed by atoms with van der Waals surface area (Å²) < 4.78 is 5.36. The summed E-state index contributed by atoms with van der Waals surface area (Å²) in [6.07, 6.45) is 4.10. The summed E-state index contributed by atoms with van der Waals surface area (Å²) in [4.78, 5) is 2.60. The van der Waals surface area contributed by atoms with Crippen LogP contribution in [0.3, 0.4) is 0 Å². The number of likely N-dealkylation sites (tertiary alicyclic amines) is 1. The van der Waals surface area contributed by atoms with Gasteiger partial charge in [0.15, 0.2) is 0 Å². The highest BCUT2D eigenvalue weighted by molar-refractivity contribution is 5.19. The van der Waals surface area contributed by atoms with Crippen LogP contribution >= 0.6 is 0 Å². The third-order valence-corrected chi connectivity index (χ3v) is 4.21. The van der Waals surface area contributed by atoms with Crippen LogP contribution in [-0.2, 0) is 4.74 Å². The molecule has 0 amide bonds. The molecule has 0 radical (unpaired) electrons. The van der Waals surface area contributed by atoms with Crippen LogP contribution in [0, 0.1) is 0 Å². The number of methoxy groups -OCH3 is 1. The van der Waals surface area contributed by atoms with Gasteiger partial charge < -0.3 is 10.1 Å². The van der Waals surface area contributed by atoms with Gasteiger partial charge in [-0.25, -0.2) is 0 Å². The largest absolute Gasteiger partial charge is 0.383 e. The SMILES string of the molecule is COCC(NCC(C)N1CCCCC1)c1ccccc1. The zero-order valence-electron chi connectivity index (χ0n) is 12.8. The van der Waals surface area contributed by atoms with E-state index >= 15 is 0 Å². The van der Waals surface area contributed by atoms with E-state index in [1.165, 1.54) is 37.9 Å². The van der Waals surface area contributed by atoms with Crippen LogP contribution in [0.25, 0.3) is 0 Å². The predicted molar refractivity (Wildman–Crippen MR) is 83.9 cm³/mol. The lowest BCUT2D eigenvalue weighted by Crippen LogP contribution is -2.44. The second kappa shape index (κ2) is 8.40. The summed E-state index contributed by atoms with van der Waals surface area (Å²) in [7, 11) is 1.77. The molecule has 2 atom stereocenters. The molecule has 1 aliphatic heterocycles. The molecule has 1 N–H and O–H groups in total. The Hall–Kier alpha value is -0.900. The van der Waals surface area contributed by atoms with Crippen LogP contribution in [0.2, 0.25) is 0 Å². The Balaban J connectivity index is 1.85. The van der Waals surface area contributed by atoms with Crippen molar-refractivity contribution in [3.63, 3.8) is 0 Å². The van der Waals surface area contributed by atoms with E-state index in [2.05, 4.69) is 47.5 Å². The maximum Gasteiger partial charge on any atom is 0.0657 e. The summed E-state index contributed by atoms with van der Waals surface area (Å²) in [6, 6.07) is 11.5. The van der Waals surface area contributed by atoms with Crippen LogP contribution in [0.5, 0.6) is 0 Å². The average Bonchev–Trinajstić information content (AvgIpc) is 2.53. The van der Waals surface area contributed by atoms with Gasteiger partial charge in [-0.05, 0) is 38.4 Å². The zero-order valence-corrected chi connectivity index (χ0v) is 12.8. The number of piperidine rings is 1. The molecule has 2 unspecified atom stereocenters. The molecule has 1 saturated heterocycles. The monoisotopic (exact) mass is 276 g/mol. The topological polar surface area (TPSA) is 24.5 Å². The third-order valence-electron chi connectivity index (χ3n) is 4.21. The number of hydrogen-bond donors (Lipinski definition) is 1. The molecule has 1 heterocycles. The van der Waals surface area contributed by atoms with Crippen molar-refractivity contribution in [1.29, 1.82) is 0 Å². The standard InChI is InChI=1S/C17H28N2O/c1-15(19-11-7-4-8-12-19)13-18-17(14-20-2)16-9-5-3-6-10-16/h3,5-6,9-10,15,17-18H,4,7-8,11-14H2,1-2H3. The smallest absolute Gasteiger partial charge is 0.0657 e. The summed E-state index contributed by atoms with van der Waals surface area (Å²) in [5, 5.41) is 3.67. The molecule has 1 aromatic carbocycles. The fourth-order valence-electron chi connectivity index (χ4n) is 2.93. The van der Waals surface area contributed by atoms with Crippen LogP contribution in [0.4, 0.5) is 0 Å². The second-order valence-electron chi connectivity index (χ2n) is 5.77. The molecule has 1 fully saturated rings. The Kier molecular flexibility index (Phi) is 6.51. The first-order chi connectivity index (χ1) is 9.81. The van der Waals surface area contributed by atoms with Crippen molar-refractivity contribution in [3.05, 3.63) is 35.9 Å². The minimum absolute atomic E-state index is 0.286. The lowest BCUT2D eigenvalue weighted by Gasteiger charge is -2.33. The lowest BCUT2D eigenvalue weighted by atomic mass is 10.1. The first-order valence-corrected chi connectivity index (χ1v) is 7.82. The van der Waals surface area contributed by atoms with Gasteiger partial charge in [0.1, 0.15) is 0 Å². The highest BCUT2D eigenvalue weighted by atomic mass is 16.5. The van der Waals surface area contributed by atoms with Crippen LogP contribution < -0.4 is 5.32 Å². The van der Waals surface area contributed by atoms with E-state index in [0.717, 1.165) is 13.2 Å². The Bertz CT molecular complexity index is 363. The minimum Gasteiger partial charge on any atom is -0.383 e. The first-order valence-electron chi connectivity index (χ1n) is 7.82. The van der Waals surface area contributed by atoms with E-state index in [9.17, 15) is 0 Å². The quantitative estimate of drug-likeness (QED) is 0.829. The van der Waals surface area contributed by atoms with Gasteiger partial charge in [-0.15, -0.1) is 0 Å². The average molecular weight is 276 g/mol. The third kappa shape index (κ3) is 4.58. The Labute approximate surface area is 123 Å². The van der Waals surface area contributed by atoms with Crippen molar-refractivity contribution in [2.45, 2.75) is 38.3 Å². The van der Waals surface area contributed by atoms with Crippen molar-refractivity contribution in [3.8, 4) is 0 Å². The molecule has 20 heavy (non-hydrogen) atoms. The number of hydrogen-bond acceptors (Lipinski definition) is 3. The van der Waals surface area contributed by atoms with E-state index < -0.39 is 0 Å². The van der Waals surface area contributed by atoms with Gasteiger partial charge in [-0.1, -0.05) is 36.8 Å². The van der Waals surface area contributed by atoms with Gasteiger partial charge in [0.25, 0.3) is 0 Å². The van der Waals surface area contributed by atoms with Crippen molar-refractivity contribution >= 4 is 0 Å². The van der Waals surface area contributed by atoms with Crippen LogP contribution in [-0.4, -0.2) is 44.3 Å². The Morgan fingerprint density at radius 3 is 2.50 bits per heavy atom. The highest BCUT2D eigenvalue weighted by Gasteiger charge is 2.18. The molecule has 2 rings (SSSR count). The summed E-state index contributed by atoms with van der Waals surface area (Å²) >= 11 is 0. The Morgan fingerprint density at radius 1 is 1.15 bits per heavy atom. The molecule has 0 spiro atoms. The fraction of sp³-hybridized carbons (Fsp3) is 0.647. The molecular weight excluding hydrogens is 248 g/mol. The van der Waals surface area contributed by atoms with Gasteiger partial charge in [-0.3, -0.25) is 4.90 Å². The molecule has 112 valence electrons. The molecule has 0 saturated carbocycles. The van der Waals surface area contributed by atoms with Crippen LogP contribution in [0.1, 0.15) is 37.8 Å². The van der Waals surface area contributed by atoms with Gasteiger partial charge in [0, 0.05) is 19.7 Å². The minimum atomic E-state index is 0.286. The van der Waals surface area contributed by atoms with Gasteiger partial charge in [0.2, 0.25) is 0 Å². The highest BCUT2D eigenvalue weighted by Crippen LogP contribution is 2.15. The van der Waals surface area contributed by atoms with E-state index in [-0.39, 0.29) is 6.04 Å². The predicted octanol–water partition coefficient (Wildman–Crippen LogP) is 2.84. The van der Waals surface area contributed by atoms with Crippen molar-refractivity contribution in [2.24, 2.45) is 0 Å². The summed E-state index contributed by atoms with van der Waals surface area (Å²) in [5.41, 5.74) is 1.31. The van der Waals surface area contributed by atoms with Crippen molar-refractivity contribution < 1.29 is 4.74 Å². The van der Waals surface area contributed by atoms with Crippen molar-refractivity contribution in [1.82, 2.24) is 10.2 Å². The molecule has 1 aliphatic rings. The fourth-order valence-corrected chi connectivity index (χ4v) is 2.93. The lowest BCUT2D eigenvalue weighted by molar-refractivity contribution is 0.144. The molecule has 0 bridgehead atoms. The van der Waals surface area contributed by atoms with E-state index in [1.54, 1.807) is 7.11 Å². The molecule has 3 nitrogen and oxygen atoms in total. The number of benzene rings is 1. The number of nitrogens with one attached hydrogen (secondary N) is 1. The first kappa shape index (κ1) is 15.5. The van der Waals surface area contributed by atoms with E-state index in [1.807, 2.05) is 0 Å². The molecule has 0 aliphatic carbocycles. The molecular formula is C17H28N2O. The molecule has 3 heteroatoms. The molecule has 1 aromatic rings. The van der Waals surface area contributed by atoms with E-state index in [0.29, 0.717) is 6.04 Å². The second-order valence-corrected chi connectivity index (χ2v) is 5.77. The summed E-state index contributed by atoms with van der Waals surface area (Å²) in [5.74, 6) is 0. The maximum atomic E-state index is 5.36. The van der Waals surface area contributed by atoms with Crippen LogP contribution in [0.15, 0.2) is 30.3 Å². The van der Waals surface area contributed by atoms with Crippen molar-refractivity contribution in [2.75, 3.05) is 33.4 Å². The van der Waals surface area contributed by atoms with Gasteiger partial charge in [-0.2, -0.15) is 0 Å². The summed E-state index contributed by atoms with van der Waals surface area (Å²) in [6.45, 7) is 6.57. The van der Waals surface area contributed by atoms with E-state index in [4.69, 9.17) is 4.74 Å². The number of rotatable bonds is 7. The number of ether oxygens (including phenoxy) is 1. The normalized spacial score (nSPS) is 19.7. The number of nitrogens with zero attached hydrogens (tertiary/aromatic N) is 1. The molecule has 0 aromatic heterocycles. The Morgan fingerprint density at radius 2 is 1.85 bits per heavy atom.